The Kier molecular flexibility index (Phi) is 4.66. The fourth-order valence-electron chi connectivity index (χ4n) is 2.20. The van der Waals surface area contributed by atoms with Gasteiger partial charge in [-0.1, -0.05) is 23.7 Å². The molecule has 1 heterocycles. The normalized spacial score (nSPS) is 18.2. The lowest BCUT2D eigenvalue weighted by molar-refractivity contribution is -0.133. The summed E-state index contributed by atoms with van der Waals surface area (Å²) >= 11 is 6.06. The van der Waals surface area contributed by atoms with Crippen molar-refractivity contribution in [1.82, 2.24) is 4.90 Å². The Bertz CT molecular complexity index is 443. The van der Waals surface area contributed by atoms with Crippen LogP contribution < -0.4 is 10.5 Å². The summed E-state index contributed by atoms with van der Waals surface area (Å²) in [4.78, 5) is 13.6. The number of carbonyl (C=O) groups is 1. The molecule has 1 amide bonds. The summed E-state index contributed by atoms with van der Waals surface area (Å²) in [5.41, 5.74) is 5.60. The first kappa shape index (κ1) is 14.2. The molecule has 0 spiro atoms. The Hall–Kier alpha value is -1.26. The SMILES string of the molecule is C[C@H](N)C(=O)N1CCC(Oc2ccccc2Cl)CC1. The predicted molar refractivity (Wildman–Crippen MR) is 75.3 cm³/mol. The van der Waals surface area contributed by atoms with Gasteiger partial charge in [-0.25, -0.2) is 0 Å². The lowest BCUT2D eigenvalue weighted by Gasteiger charge is -2.33. The minimum atomic E-state index is -0.430. The molecule has 0 radical (unpaired) electrons. The molecule has 0 saturated carbocycles. The number of nitrogens with zero attached hydrogens (tertiary/aromatic N) is 1. The van der Waals surface area contributed by atoms with Crippen molar-refractivity contribution in [1.29, 1.82) is 0 Å². The summed E-state index contributed by atoms with van der Waals surface area (Å²) in [5, 5.41) is 0.622. The van der Waals surface area contributed by atoms with Crippen molar-refractivity contribution >= 4 is 17.5 Å². The number of hydrogen-bond donors (Lipinski definition) is 1. The smallest absolute Gasteiger partial charge is 0.239 e. The van der Waals surface area contributed by atoms with E-state index in [2.05, 4.69) is 0 Å². The van der Waals surface area contributed by atoms with Gasteiger partial charge >= 0.3 is 0 Å². The molecule has 1 aliphatic heterocycles. The van der Waals surface area contributed by atoms with Crippen molar-refractivity contribution < 1.29 is 9.53 Å². The van der Waals surface area contributed by atoms with Crippen LogP contribution >= 0.6 is 11.6 Å². The number of likely N-dealkylation sites (tertiary alicyclic amines) is 1. The minimum Gasteiger partial charge on any atom is -0.489 e. The van der Waals surface area contributed by atoms with Crippen LogP contribution in [-0.2, 0) is 4.79 Å². The minimum absolute atomic E-state index is 0.0104. The molecule has 0 aromatic heterocycles. The zero-order chi connectivity index (χ0) is 13.8. The van der Waals surface area contributed by atoms with E-state index in [1.165, 1.54) is 0 Å². The second-order valence-electron chi connectivity index (χ2n) is 4.86. The molecule has 1 aromatic rings. The number of halogens is 1. The molecule has 104 valence electrons. The van der Waals surface area contributed by atoms with E-state index >= 15 is 0 Å². The van der Waals surface area contributed by atoms with E-state index in [9.17, 15) is 4.79 Å². The van der Waals surface area contributed by atoms with Crippen molar-refractivity contribution in [3.8, 4) is 5.75 Å². The first-order valence-corrected chi connectivity index (χ1v) is 6.91. The first-order valence-electron chi connectivity index (χ1n) is 6.53. The third kappa shape index (κ3) is 3.61. The summed E-state index contributed by atoms with van der Waals surface area (Å²) in [6, 6.07) is 7.02. The largest absolute Gasteiger partial charge is 0.489 e. The zero-order valence-corrected chi connectivity index (χ0v) is 11.8. The second kappa shape index (κ2) is 6.26. The topological polar surface area (TPSA) is 55.6 Å². The van der Waals surface area contributed by atoms with E-state index in [0.29, 0.717) is 23.9 Å². The lowest BCUT2D eigenvalue weighted by Crippen LogP contribution is -2.47. The predicted octanol–water partition coefficient (Wildman–Crippen LogP) is 2.06. The molecule has 1 saturated heterocycles. The van der Waals surface area contributed by atoms with Crippen LogP contribution in [0.5, 0.6) is 5.75 Å². The van der Waals surface area contributed by atoms with Gasteiger partial charge < -0.3 is 15.4 Å². The molecule has 2 rings (SSSR count). The van der Waals surface area contributed by atoms with E-state index in [4.69, 9.17) is 22.1 Å². The second-order valence-corrected chi connectivity index (χ2v) is 5.27. The van der Waals surface area contributed by atoms with Crippen molar-refractivity contribution in [2.24, 2.45) is 5.73 Å². The van der Waals surface area contributed by atoms with Gasteiger partial charge in [-0.2, -0.15) is 0 Å². The van der Waals surface area contributed by atoms with Gasteiger partial charge in [-0.3, -0.25) is 4.79 Å². The summed E-state index contributed by atoms with van der Waals surface area (Å²) in [6.07, 6.45) is 1.73. The third-order valence-corrected chi connectivity index (χ3v) is 3.59. The third-order valence-electron chi connectivity index (χ3n) is 3.27. The Morgan fingerprint density at radius 3 is 2.63 bits per heavy atom. The highest BCUT2D eigenvalue weighted by Crippen LogP contribution is 2.26. The maximum absolute atomic E-state index is 11.8. The molecule has 5 heteroatoms. The molecule has 4 nitrogen and oxygen atoms in total. The maximum Gasteiger partial charge on any atom is 0.239 e. The van der Waals surface area contributed by atoms with Crippen LogP contribution in [0, 0.1) is 0 Å². The Labute approximate surface area is 118 Å². The van der Waals surface area contributed by atoms with Gasteiger partial charge in [0.15, 0.2) is 0 Å². The Balaban J connectivity index is 1.87. The molecule has 0 bridgehead atoms. The number of ether oxygens (including phenoxy) is 1. The van der Waals surface area contributed by atoms with Crippen LogP contribution in [0.4, 0.5) is 0 Å². The van der Waals surface area contributed by atoms with Crippen molar-refractivity contribution in [3.63, 3.8) is 0 Å². The summed E-state index contributed by atoms with van der Waals surface area (Å²) in [6.45, 7) is 3.10. The van der Waals surface area contributed by atoms with Crippen LogP contribution in [0.1, 0.15) is 19.8 Å². The van der Waals surface area contributed by atoms with Gasteiger partial charge in [0.25, 0.3) is 0 Å². The first-order chi connectivity index (χ1) is 9.08. The molecule has 0 unspecified atom stereocenters. The molecule has 1 atom stereocenters. The van der Waals surface area contributed by atoms with Crippen LogP contribution in [0.25, 0.3) is 0 Å². The van der Waals surface area contributed by atoms with Gasteiger partial charge in [-0.05, 0) is 19.1 Å². The summed E-state index contributed by atoms with van der Waals surface area (Å²) in [5.74, 6) is 0.720. The van der Waals surface area contributed by atoms with E-state index in [1.54, 1.807) is 11.8 Å². The van der Waals surface area contributed by atoms with Crippen LogP contribution in [0.3, 0.4) is 0 Å². The fourth-order valence-corrected chi connectivity index (χ4v) is 2.38. The van der Waals surface area contributed by atoms with Gasteiger partial charge in [0, 0.05) is 25.9 Å². The highest BCUT2D eigenvalue weighted by molar-refractivity contribution is 6.32. The molecule has 1 aliphatic rings. The van der Waals surface area contributed by atoms with Gasteiger partial charge in [0.05, 0.1) is 11.1 Å². The number of carbonyl (C=O) groups excluding carboxylic acids is 1. The van der Waals surface area contributed by atoms with E-state index in [0.717, 1.165) is 12.8 Å². The Morgan fingerprint density at radius 2 is 2.05 bits per heavy atom. The number of rotatable bonds is 3. The Morgan fingerprint density at radius 1 is 1.42 bits per heavy atom. The summed E-state index contributed by atoms with van der Waals surface area (Å²) in [7, 11) is 0. The van der Waals surface area contributed by atoms with Gasteiger partial charge in [0.1, 0.15) is 11.9 Å². The number of hydrogen-bond acceptors (Lipinski definition) is 3. The number of amides is 1. The van der Waals surface area contributed by atoms with Gasteiger partial charge in [0.2, 0.25) is 5.91 Å². The number of nitrogens with two attached hydrogens (primary N) is 1. The van der Waals surface area contributed by atoms with Crippen LogP contribution in [-0.4, -0.2) is 36.0 Å². The standard InChI is InChI=1S/C14H19ClN2O2/c1-10(16)14(18)17-8-6-11(7-9-17)19-13-5-3-2-4-12(13)15/h2-5,10-11H,6-9,16H2,1H3/t10-/m0/s1. The monoisotopic (exact) mass is 282 g/mol. The average Bonchev–Trinajstić information content (AvgIpc) is 2.41. The van der Waals surface area contributed by atoms with Crippen LogP contribution in [0.15, 0.2) is 24.3 Å². The lowest BCUT2D eigenvalue weighted by atomic mass is 10.1. The van der Waals surface area contributed by atoms with Crippen molar-refractivity contribution in [2.75, 3.05) is 13.1 Å². The molecule has 1 aromatic carbocycles. The van der Waals surface area contributed by atoms with E-state index < -0.39 is 6.04 Å². The number of piperidine rings is 1. The zero-order valence-electron chi connectivity index (χ0n) is 11.0. The molecule has 19 heavy (non-hydrogen) atoms. The van der Waals surface area contributed by atoms with E-state index in [1.807, 2.05) is 24.3 Å². The number of benzene rings is 1. The summed E-state index contributed by atoms with van der Waals surface area (Å²) < 4.78 is 5.87. The maximum atomic E-state index is 11.8. The van der Waals surface area contributed by atoms with Gasteiger partial charge in [-0.15, -0.1) is 0 Å². The quantitative estimate of drug-likeness (QED) is 0.923. The number of para-hydroxylation sites is 1. The molecule has 0 aliphatic carbocycles. The highest BCUT2D eigenvalue weighted by atomic mass is 35.5. The molecular formula is C14H19ClN2O2. The highest BCUT2D eigenvalue weighted by Gasteiger charge is 2.25. The molecular weight excluding hydrogens is 264 g/mol. The van der Waals surface area contributed by atoms with Crippen molar-refractivity contribution in [3.05, 3.63) is 29.3 Å². The van der Waals surface area contributed by atoms with Crippen molar-refractivity contribution in [2.45, 2.75) is 31.9 Å². The van der Waals surface area contributed by atoms with E-state index in [-0.39, 0.29) is 12.0 Å². The van der Waals surface area contributed by atoms with Crippen LogP contribution in [0.2, 0.25) is 5.02 Å². The molecule has 1 fully saturated rings. The molecule has 2 N–H and O–H groups in total. The average molecular weight is 283 g/mol. The fraction of sp³-hybridized carbons (Fsp3) is 0.500.